The highest BCUT2D eigenvalue weighted by Crippen LogP contribution is 2.38. The Balaban J connectivity index is 1.06. The molecular formula is C32H40Cl2N4O6S. The first-order valence-electron chi connectivity index (χ1n) is 14.7. The number of aryl methyl sites for hydroxylation is 1. The molecule has 0 spiro atoms. The zero-order valence-corrected chi connectivity index (χ0v) is 27.8. The summed E-state index contributed by atoms with van der Waals surface area (Å²) in [7, 11) is -1.66. The summed E-state index contributed by atoms with van der Waals surface area (Å²) in [4.78, 5) is 14.2. The molecule has 0 aliphatic carbocycles. The van der Waals surface area contributed by atoms with Crippen LogP contribution in [-0.4, -0.2) is 85.7 Å². The van der Waals surface area contributed by atoms with E-state index in [-0.39, 0.29) is 30.0 Å². The molecule has 3 aromatic rings. The Morgan fingerprint density at radius 2 is 1.51 bits per heavy atom. The van der Waals surface area contributed by atoms with Crippen molar-refractivity contribution in [2.24, 2.45) is 0 Å². The molecule has 45 heavy (non-hydrogen) atoms. The lowest BCUT2D eigenvalue weighted by Gasteiger charge is -2.33. The molecule has 0 saturated carbocycles. The van der Waals surface area contributed by atoms with E-state index >= 15 is 0 Å². The summed E-state index contributed by atoms with van der Waals surface area (Å²) < 4.78 is 44.6. The van der Waals surface area contributed by atoms with E-state index in [1.807, 2.05) is 56.4 Å². The lowest BCUT2D eigenvalue weighted by atomic mass is 9.85. The second-order valence-corrected chi connectivity index (χ2v) is 13.4. The summed E-state index contributed by atoms with van der Waals surface area (Å²) in [5, 5.41) is 6.71. The lowest BCUT2D eigenvalue weighted by Crippen LogP contribution is -2.31. The Morgan fingerprint density at radius 1 is 0.889 bits per heavy atom. The number of urea groups is 1. The molecule has 3 N–H and O–H groups in total. The van der Waals surface area contributed by atoms with Crippen LogP contribution < -0.4 is 15.4 Å². The van der Waals surface area contributed by atoms with Crippen LogP contribution in [0, 0.1) is 6.92 Å². The number of amides is 2. The second kappa shape index (κ2) is 17.3. The molecule has 0 bridgehead atoms. The molecular weight excluding hydrogens is 639 g/mol. The van der Waals surface area contributed by atoms with Crippen LogP contribution in [0.15, 0.2) is 65.6 Å². The number of carbonyl (C=O) groups is 1. The third kappa shape index (κ3) is 10.9. The van der Waals surface area contributed by atoms with E-state index in [4.69, 9.17) is 37.4 Å². The highest BCUT2D eigenvalue weighted by molar-refractivity contribution is 7.89. The molecule has 0 aromatic heterocycles. The number of hydrogen-bond donors (Lipinski definition) is 3. The van der Waals surface area contributed by atoms with Gasteiger partial charge in [0.05, 0.1) is 44.5 Å². The minimum absolute atomic E-state index is 0.0294. The van der Waals surface area contributed by atoms with Gasteiger partial charge in [0.25, 0.3) is 0 Å². The fourth-order valence-corrected chi connectivity index (χ4v) is 6.51. The maximum absolute atomic E-state index is 12.8. The van der Waals surface area contributed by atoms with Crippen molar-refractivity contribution in [1.82, 2.24) is 14.9 Å². The Bertz CT molecular complexity index is 1510. The van der Waals surface area contributed by atoms with Gasteiger partial charge in [-0.05, 0) is 67.1 Å². The first-order chi connectivity index (χ1) is 21.6. The molecule has 0 fully saturated rings. The molecule has 0 saturated heterocycles. The zero-order valence-electron chi connectivity index (χ0n) is 25.5. The molecule has 4 rings (SSSR count). The van der Waals surface area contributed by atoms with Crippen molar-refractivity contribution in [3.63, 3.8) is 0 Å². The summed E-state index contributed by atoms with van der Waals surface area (Å²) in [5.41, 5.74) is 4.96. The van der Waals surface area contributed by atoms with E-state index in [0.29, 0.717) is 49.6 Å². The lowest BCUT2D eigenvalue weighted by molar-refractivity contribution is 0.0165. The number of halogens is 2. The van der Waals surface area contributed by atoms with Crippen LogP contribution >= 0.6 is 23.2 Å². The van der Waals surface area contributed by atoms with Gasteiger partial charge in [0, 0.05) is 47.8 Å². The molecule has 244 valence electrons. The van der Waals surface area contributed by atoms with Crippen molar-refractivity contribution in [3.8, 4) is 0 Å². The number of rotatable bonds is 16. The average Bonchev–Trinajstić information content (AvgIpc) is 3.01. The number of likely N-dealkylation sites (N-methyl/N-ethyl adjacent to an activating group) is 1. The van der Waals surface area contributed by atoms with Crippen LogP contribution in [0.2, 0.25) is 10.0 Å². The van der Waals surface area contributed by atoms with Gasteiger partial charge in [-0.2, -0.15) is 0 Å². The number of benzene rings is 3. The number of fused-ring (bicyclic) bond motifs is 1. The smallest absolute Gasteiger partial charge is 0.319 e. The summed E-state index contributed by atoms with van der Waals surface area (Å²) in [5.74, 6) is 0.0294. The van der Waals surface area contributed by atoms with E-state index in [9.17, 15) is 13.2 Å². The van der Waals surface area contributed by atoms with Crippen molar-refractivity contribution in [2.45, 2.75) is 24.3 Å². The number of hydrogen-bond acceptors (Lipinski definition) is 7. The third-order valence-electron chi connectivity index (χ3n) is 7.21. The highest BCUT2D eigenvalue weighted by Gasteiger charge is 2.27. The quantitative estimate of drug-likeness (QED) is 0.182. The SMILES string of the molecule is Cc1ccc(NC(=O)NCCOCCOCCOCCNS(=O)(=O)c2ccc([C@@H]3CN(C)Cc4c(Cl)cc(Cl)cc43)cc2)cc1. The molecule has 0 unspecified atom stereocenters. The van der Waals surface area contributed by atoms with Crippen molar-refractivity contribution < 1.29 is 27.4 Å². The van der Waals surface area contributed by atoms with Crippen LogP contribution in [0.1, 0.15) is 28.2 Å². The Hall–Kier alpha value is -2.74. The minimum atomic E-state index is -3.69. The molecule has 1 heterocycles. The minimum Gasteiger partial charge on any atom is -0.378 e. The van der Waals surface area contributed by atoms with Crippen molar-refractivity contribution >= 4 is 44.9 Å². The van der Waals surface area contributed by atoms with Crippen molar-refractivity contribution in [2.75, 3.05) is 71.6 Å². The van der Waals surface area contributed by atoms with Crippen LogP contribution in [0.3, 0.4) is 0 Å². The maximum atomic E-state index is 12.8. The van der Waals surface area contributed by atoms with Gasteiger partial charge in [-0.25, -0.2) is 17.9 Å². The molecule has 1 aliphatic heterocycles. The normalized spacial score (nSPS) is 15.1. The fraction of sp³-hybridized carbons (Fsp3) is 0.406. The third-order valence-corrected chi connectivity index (χ3v) is 9.24. The molecule has 1 atom stereocenters. The van der Waals surface area contributed by atoms with Crippen molar-refractivity contribution in [3.05, 3.63) is 93.0 Å². The number of carbonyl (C=O) groups excluding carboxylic acids is 1. The van der Waals surface area contributed by atoms with Crippen LogP contribution in [0.5, 0.6) is 0 Å². The van der Waals surface area contributed by atoms with E-state index < -0.39 is 10.0 Å². The van der Waals surface area contributed by atoms with Gasteiger partial charge in [-0.1, -0.05) is 53.0 Å². The van der Waals surface area contributed by atoms with Gasteiger partial charge >= 0.3 is 6.03 Å². The number of sulfonamides is 1. The second-order valence-electron chi connectivity index (χ2n) is 10.8. The van der Waals surface area contributed by atoms with E-state index in [0.717, 1.165) is 41.0 Å². The van der Waals surface area contributed by atoms with Gasteiger partial charge in [0.2, 0.25) is 10.0 Å². The summed E-state index contributed by atoms with van der Waals surface area (Å²) in [6.45, 7) is 6.00. The molecule has 13 heteroatoms. The molecule has 0 radical (unpaired) electrons. The van der Waals surface area contributed by atoms with Crippen LogP contribution in [0.25, 0.3) is 0 Å². The number of nitrogens with one attached hydrogen (secondary N) is 3. The molecule has 2 amide bonds. The predicted octanol–water partition coefficient (Wildman–Crippen LogP) is 5.03. The zero-order chi connectivity index (χ0) is 32.2. The Morgan fingerprint density at radius 3 is 2.18 bits per heavy atom. The monoisotopic (exact) mass is 678 g/mol. The summed E-state index contributed by atoms with van der Waals surface area (Å²) >= 11 is 12.8. The van der Waals surface area contributed by atoms with E-state index in [1.165, 1.54) is 0 Å². The van der Waals surface area contributed by atoms with Gasteiger partial charge in [-0.15, -0.1) is 0 Å². The fourth-order valence-electron chi connectivity index (χ4n) is 4.93. The standard InChI is InChI=1S/C32H40Cl2N4O6S/c1-23-3-7-26(8-4-23)37-32(39)35-11-13-42-15-17-44-18-16-43-14-12-36-45(40,41)27-9-5-24(6-10-27)29-21-38(2)22-30-28(29)19-25(33)20-31(30)34/h3-10,19-20,29,36H,11-18,21-22H2,1-2H3,(H2,35,37,39)/t29-/m0/s1. The molecule has 3 aromatic carbocycles. The molecule has 10 nitrogen and oxygen atoms in total. The largest absolute Gasteiger partial charge is 0.378 e. The van der Waals surface area contributed by atoms with E-state index in [2.05, 4.69) is 20.3 Å². The Labute approximate surface area is 275 Å². The number of anilines is 1. The van der Waals surface area contributed by atoms with Gasteiger partial charge < -0.3 is 29.7 Å². The first kappa shape index (κ1) is 35.1. The van der Waals surface area contributed by atoms with Gasteiger partial charge in [-0.3, -0.25) is 0 Å². The predicted molar refractivity (Wildman–Crippen MR) is 177 cm³/mol. The Kier molecular flexibility index (Phi) is 13.5. The maximum Gasteiger partial charge on any atom is 0.319 e. The van der Waals surface area contributed by atoms with Crippen LogP contribution in [0.4, 0.5) is 10.5 Å². The van der Waals surface area contributed by atoms with Gasteiger partial charge in [0.1, 0.15) is 0 Å². The highest BCUT2D eigenvalue weighted by atomic mass is 35.5. The summed E-state index contributed by atoms with van der Waals surface area (Å²) in [6, 6.07) is 17.9. The topological polar surface area (TPSA) is 118 Å². The van der Waals surface area contributed by atoms with Gasteiger partial charge in [0.15, 0.2) is 0 Å². The molecule has 1 aliphatic rings. The summed E-state index contributed by atoms with van der Waals surface area (Å²) in [6.07, 6.45) is 0. The first-order valence-corrected chi connectivity index (χ1v) is 17.0. The van der Waals surface area contributed by atoms with Crippen molar-refractivity contribution in [1.29, 1.82) is 0 Å². The number of nitrogens with zero attached hydrogens (tertiary/aromatic N) is 1. The average molecular weight is 680 g/mol. The number of ether oxygens (including phenoxy) is 3. The van der Waals surface area contributed by atoms with E-state index in [1.54, 1.807) is 18.2 Å². The van der Waals surface area contributed by atoms with Crippen LogP contribution in [-0.2, 0) is 30.8 Å².